The van der Waals surface area contributed by atoms with E-state index in [1.165, 1.54) is 17.3 Å². The van der Waals surface area contributed by atoms with Gasteiger partial charge in [0.1, 0.15) is 5.75 Å². The van der Waals surface area contributed by atoms with Gasteiger partial charge in [-0.25, -0.2) is 0 Å². The molecule has 30 heavy (non-hydrogen) atoms. The van der Waals surface area contributed by atoms with E-state index in [4.69, 9.17) is 4.74 Å². The number of aromatic nitrogens is 3. The highest BCUT2D eigenvalue weighted by Crippen LogP contribution is 2.26. The number of hydrogen-bond donors (Lipinski definition) is 1. The van der Waals surface area contributed by atoms with Gasteiger partial charge in [-0.2, -0.15) is 0 Å². The average Bonchev–Trinajstić information content (AvgIpc) is 3.18. The lowest BCUT2D eigenvalue weighted by Crippen LogP contribution is -2.27. The Hall–Kier alpha value is -2.80. The quantitative estimate of drug-likeness (QED) is 0.494. The third-order valence-corrected chi connectivity index (χ3v) is 5.70. The lowest BCUT2D eigenvalue weighted by molar-refractivity contribution is -0.118. The lowest BCUT2D eigenvalue weighted by atomic mass is 10.1. The molecular formula is C23H28N4O2S. The van der Waals surface area contributed by atoms with Gasteiger partial charge < -0.3 is 14.6 Å². The van der Waals surface area contributed by atoms with Crippen molar-refractivity contribution in [3.63, 3.8) is 0 Å². The zero-order valence-electron chi connectivity index (χ0n) is 17.7. The van der Waals surface area contributed by atoms with Crippen LogP contribution in [0.4, 0.5) is 0 Å². The van der Waals surface area contributed by atoms with Gasteiger partial charge in [0.05, 0.1) is 5.75 Å². The van der Waals surface area contributed by atoms with E-state index in [9.17, 15) is 4.79 Å². The first kappa shape index (κ1) is 21.9. The molecule has 0 spiro atoms. The van der Waals surface area contributed by atoms with Gasteiger partial charge in [-0.15, -0.1) is 10.2 Å². The number of ether oxygens (including phenoxy) is 1. The average molecular weight is 425 g/mol. The Morgan fingerprint density at radius 1 is 1.13 bits per heavy atom. The molecule has 3 aromatic rings. The maximum Gasteiger partial charge on any atom is 0.230 e. The topological polar surface area (TPSA) is 69.0 Å². The maximum atomic E-state index is 12.2. The summed E-state index contributed by atoms with van der Waals surface area (Å²) in [5.41, 5.74) is 2.29. The highest BCUT2D eigenvalue weighted by molar-refractivity contribution is 7.99. The molecule has 2 aromatic carbocycles. The smallest absolute Gasteiger partial charge is 0.230 e. The molecule has 0 aliphatic heterocycles. The van der Waals surface area contributed by atoms with E-state index in [1.54, 1.807) is 0 Å². The van der Waals surface area contributed by atoms with Gasteiger partial charge in [0.25, 0.3) is 0 Å². The molecule has 3 rings (SSSR count). The van der Waals surface area contributed by atoms with Gasteiger partial charge in [0.15, 0.2) is 17.1 Å². The number of para-hydroxylation sites is 1. The Labute approximate surface area is 182 Å². The summed E-state index contributed by atoms with van der Waals surface area (Å²) in [6.07, 6.45) is 0.577. The van der Waals surface area contributed by atoms with Crippen molar-refractivity contribution in [2.45, 2.75) is 45.0 Å². The molecule has 1 N–H and O–H groups in total. The summed E-state index contributed by atoms with van der Waals surface area (Å²) in [6.45, 7) is 7.35. The highest BCUT2D eigenvalue weighted by Gasteiger charge is 2.19. The van der Waals surface area contributed by atoms with E-state index in [2.05, 4.69) is 27.6 Å². The Morgan fingerprint density at radius 3 is 2.60 bits per heavy atom. The van der Waals surface area contributed by atoms with Crippen molar-refractivity contribution in [2.24, 2.45) is 0 Å². The summed E-state index contributed by atoms with van der Waals surface area (Å²) >= 11 is 1.40. The molecule has 0 saturated carbocycles. The minimum absolute atomic E-state index is 0.00709. The van der Waals surface area contributed by atoms with Crippen LogP contribution in [0.5, 0.6) is 5.75 Å². The van der Waals surface area contributed by atoms with Crippen LogP contribution in [0.2, 0.25) is 0 Å². The van der Waals surface area contributed by atoms with E-state index < -0.39 is 0 Å². The Balaban J connectivity index is 1.53. The molecular weight excluding hydrogens is 396 g/mol. The second kappa shape index (κ2) is 10.8. The molecule has 1 aromatic heterocycles. The summed E-state index contributed by atoms with van der Waals surface area (Å²) in [7, 11) is 0. The molecule has 1 amide bonds. The van der Waals surface area contributed by atoms with Gasteiger partial charge >= 0.3 is 0 Å². The number of rotatable bonds is 10. The van der Waals surface area contributed by atoms with E-state index in [0.29, 0.717) is 18.8 Å². The van der Waals surface area contributed by atoms with Crippen LogP contribution in [-0.2, 0) is 17.8 Å². The fourth-order valence-electron chi connectivity index (χ4n) is 3.11. The van der Waals surface area contributed by atoms with Gasteiger partial charge in [0.2, 0.25) is 5.91 Å². The number of benzene rings is 2. The SMILES string of the molecule is CCn1c(SCC(=O)NCCc2ccccc2)nnc1C(C)Oc1ccccc1C. The van der Waals surface area contributed by atoms with E-state index in [-0.39, 0.29) is 12.0 Å². The molecule has 1 heterocycles. The van der Waals surface area contributed by atoms with E-state index in [1.807, 2.05) is 67.8 Å². The van der Waals surface area contributed by atoms with Crippen LogP contribution in [0.25, 0.3) is 0 Å². The van der Waals surface area contributed by atoms with Crippen LogP contribution in [-0.4, -0.2) is 33.0 Å². The number of carbonyl (C=O) groups is 1. The molecule has 0 bridgehead atoms. The zero-order chi connectivity index (χ0) is 21.3. The predicted octanol–water partition coefficient (Wildman–Crippen LogP) is 4.20. The third kappa shape index (κ3) is 5.86. The van der Waals surface area contributed by atoms with Crippen molar-refractivity contribution in [1.82, 2.24) is 20.1 Å². The summed E-state index contributed by atoms with van der Waals surface area (Å²) in [5.74, 6) is 1.89. The molecule has 7 heteroatoms. The third-order valence-electron chi connectivity index (χ3n) is 4.73. The molecule has 6 nitrogen and oxygen atoms in total. The Bertz CT molecular complexity index is 959. The molecule has 0 radical (unpaired) electrons. The summed E-state index contributed by atoms with van der Waals surface area (Å²) in [4.78, 5) is 12.2. The number of thioether (sulfide) groups is 1. The highest BCUT2D eigenvalue weighted by atomic mass is 32.2. The van der Waals surface area contributed by atoms with Crippen molar-refractivity contribution in [3.8, 4) is 5.75 Å². The van der Waals surface area contributed by atoms with E-state index >= 15 is 0 Å². The number of aryl methyl sites for hydroxylation is 1. The molecule has 0 aliphatic rings. The van der Waals surface area contributed by atoms with Crippen LogP contribution in [0, 0.1) is 6.92 Å². The monoisotopic (exact) mass is 424 g/mol. The lowest BCUT2D eigenvalue weighted by Gasteiger charge is -2.17. The first-order valence-corrected chi connectivity index (χ1v) is 11.2. The summed E-state index contributed by atoms with van der Waals surface area (Å²) in [6, 6.07) is 18.0. The van der Waals surface area contributed by atoms with Gasteiger partial charge in [-0.05, 0) is 44.4 Å². The number of nitrogens with zero attached hydrogens (tertiary/aromatic N) is 3. The molecule has 158 valence electrons. The van der Waals surface area contributed by atoms with Crippen LogP contribution >= 0.6 is 11.8 Å². The summed E-state index contributed by atoms with van der Waals surface area (Å²) in [5, 5.41) is 12.3. The number of hydrogen-bond acceptors (Lipinski definition) is 5. The van der Waals surface area contributed by atoms with Crippen molar-refractivity contribution in [2.75, 3.05) is 12.3 Å². The van der Waals surface area contributed by atoms with Crippen molar-refractivity contribution < 1.29 is 9.53 Å². The Kier molecular flexibility index (Phi) is 7.90. The fraction of sp³-hybridized carbons (Fsp3) is 0.348. The van der Waals surface area contributed by atoms with Crippen LogP contribution in [0.15, 0.2) is 59.8 Å². The van der Waals surface area contributed by atoms with Crippen molar-refractivity contribution in [3.05, 3.63) is 71.5 Å². The molecule has 1 atom stereocenters. The first-order valence-electron chi connectivity index (χ1n) is 10.2. The normalized spacial score (nSPS) is 11.8. The second-order valence-electron chi connectivity index (χ2n) is 6.98. The van der Waals surface area contributed by atoms with Gasteiger partial charge in [-0.3, -0.25) is 4.79 Å². The largest absolute Gasteiger partial charge is 0.482 e. The van der Waals surface area contributed by atoms with Crippen LogP contribution < -0.4 is 10.1 Å². The maximum absolute atomic E-state index is 12.2. The minimum Gasteiger partial charge on any atom is -0.482 e. The van der Waals surface area contributed by atoms with Crippen LogP contribution in [0.3, 0.4) is 0 Å². The molecule has 0 saturated heterocycles. The Morgan fingerprint density at radius 2 is 1.87 bits per heavy atom. The predicted molar refractivity (Wildman–Crippen MR) is 120 cm³/mol. The number of carbonyl (C=O) groups excluding carboxylic acids is 1. The van der Waals surface area contributed by atoms with E-state index in [0.717, 1.165) is 28.7 Å². The molecule has 1 unspecified atom stereocenters. The number of nitrogens with one attached hydrogen (secondary N) is 1. The molecule has 0 aliphatic carbocycles. The zero-order valence-corrected chi connectivity index (χ0v) is 18.5. The second-order valence-corrected chi connectivity index (χ2v) is 7.93. The van der Waals surface area contributed by atoms with Crippen LogP contribution in [0.1, 0.15) is 36.9 Å². The van der Waals surface area contributed by atoms with Crippen molar-refractivity contribution in [1.29, 1.82) is 0 Å². The standard InChI is InChI=1S/C23H28N4O2S/c1-4-27-22(18(3)29-20-13-9-8-10-17(20)2)25-26-23(27)30-16-21(28)24-15-14-19-11-6-5-7-12-19/h5-13,18H,4,14-16H2,1-3H3,(H,24,28). The molecule has 0 fully saturated rings. The van der Waals surface area contributed by atoms with Gasteiger partial charge in [0, 0.05) is 13.1 Å². The number of amides is 1. The first-order chi connectivity index (χ1) is 14.6. The summed E-state index contributed by atoms with van der Waals surface area (Å²) < 4.78 is 8.10. The minimum atomic E-state index is -0.243. The van der Waals surface area contributed by atoms with Crippen molar-refractivity contribution >= 4 is 17.7 Å². The fourth-order valence-corrected chi connectivity index (χ4v) is 3.95. The van der Waals surface area contributed by atoms with Gasteiger partial charge in [-0.1, -0.05) is 60.3 Å².